The second-order valence-electron chi connectivity index (χ2n) is 3.84. The second-order valence-corrected chi connectivity index (χ2v) is 5.07. The van der Waals surface area contributed by atoms with E-state index >= 15 is 0 Å². The van der Waals surface area contributed by atoms with Gasteiger partial charge in [0.1, 0.15) is 0 Å². The standard InChI is InChI=1S/C13H21NO2S/c15-7-1-8-17-9-6-14-10-12-2-4-13(11-16)5-3-12/h2-5,14-16H,1,6-11H2. The summed E-state index contributed by atoms with van der Waals surface area (Å²) in [6.07, 6.45) is 0.882. The van der Waals surface area contributed by atoms with Crippen LogP contribution in [0, 0.1) is 0 Å². The minimum atomic E-state index is 0.106. The van der Waals surface area contributed by atoms with Gasteiger partial charge in [-0.1, -0.05) is 24.3 Å². The third-order valence-corrected chi connectivity index (χ3v) is 3.47. The first-order chi connectivity index (χ1) is 8.36. The predicted molar refractivity (Wildman–Crippen MR) is 73.1 cm³/mol. The first-order valence-electron chi connectivity index (χ1n) is 5.95. The van der Waals surface area contributed by atoms with Gasteiger partial charge in [0.25, 0.3) is 0 Å². The number of thioether (sulfide) groups is 1. The zero-order chi connectivity index (χ0) is 12.3. The van der Waals surface area contributed by atoms with Crippen LogP contribution in [0.1, 0.15) is 17.5 Å². The second kappa shape index (κ2) is 9.48. The van der Waals surface area contributed by atoms with Crippen molar-refractivity contribution in [3.05, 3.63) is 35.4 Å². The van der Waals surface area contributed by atoms with E-state index in [1.54, 1.807) is 0 Å². The molecule has 0 fully saturated rings. The topological polar surface area (TPSA) is 52.5 Å². The molecule has 0 heterocycles. The Balaban J connectivity index is 2.05. The number of hydrogen-bond donors (Lipinski definition) is 3. The summed E-state index contributed by atoms with van der Waals surface area (Å²) < 4.78 is 0. The van der Waals surface area contributed by atoms with Crippen molar-refractivity contribution in [2.45, 2.75) is 19.6 Å². The number of hydrogen-bond acceptors (Lipinski definition) is 4. The minimum Gasteiger partial charge on any atom is -0.396 e. The highest BCUT2D eigenvalue weighted by molar-refractivity contribution is 7.99. The third kappa shape index (κ3) is 6.68. The summed E-state index contributed by atoms with van der Waals surface area (Å²) in [7, 11) is 0. The van der Waals surface area contributed by atoms with E-state index in [-0.39, 0.29) is 13.2 Å². The van der Waals surface area contributed by atoms with E-state index in [1.807, 2.05) is 36.0 Å². The molecule has 0 amide bonds. The van der Waals surface area contributed by atoms with Gasteiger partial charge in [0.05, 0.1) is 6.61 Å². The molecule has 0 saturated carbocycles. The van der Waals surface area contributed by atoms with Crippen LogP contribution in [0.15, 0.2) is 24.3 Å². The maximum Gasteiger partial charge on any atom is 0.0681 e. The van der Waals surface area contributed by atoms with Crippen LogP contribution >= 0.6 is 11.8 Å². The van der Waals surface area contributed by atoms with Crippen LogP contribution in [0.2, 0.25) is 0 Å². The molecule has 4 heteroatoms. The highest BCUT2D eigenvalue weighted by Crippen LogP contribution is 2.04. The highest BCUT2D eigenvalue weighted by Gasteiger charge is 1.94. The molecule has 1 rings (SSSR count). The SMILES string of the molecule is OCCCSCCNCc1ccc(CO)cc1. The van der Waals surface area contributed by atoms with Crippen LogP contribution in [0.25, 0.3) is 0 Å². The molecule has 1 aromatic carbocycles. The van der Waals surface area contributed by atoms with Crippen molar-refractivity contribution >= 4 is 11.8 Å². The van der Waals surface area contributed by atoms with Gasteiger partial charge in [-0.25, -0.2) is 0 Å². The summed E-state index contributed by atoms with van der Waals surface area (Å²) in [6.45, 7) is 2.25. The Morgan fingerprint density at radius 1 is 1.00 bits per heavy atom. The molecule has 0 radical (unpaired) electrons. The summed E-state index contributed by atoms with van der Waals surface area (Å²) in [6, 6.07) is 7.98. The predicted octanol–water partition coefficient (Wildman–Crippen LogP) is 1.38. The molecule has 0 atom stereocenters. The van der Waals surface area contributed by atoms with Gasteiger partial charge in [0.2, 0.25) is 0 Å². The number of benzene rings is 1. The maximum absolute atomic E-state index is 8.91. The van der Waals surface area contributed by atoms with E-state index in [0.717, 1.165) is 36.6 Å². The smallest absolute Gasteiger partial charge is 0.0681 e. The molecule has 0 aliphatic heterocycles. The molecule has 3 N–H and O–H groups in total. The molecule has 0 aliphatic carbocycles. The Morgan fingerprint density at radius 2 is 1.71 bits per heavy atom. The molecule has 96 valence electrons. The molecule has 0 unspecified atom stereocenters. The third-order valence-electron chi connectivity index (χ3n) is 2.40. The normalized spacial score (nSPS) is 10.7. The molecular formula is C13H21NO2S. The molecule has 3 nitrogen and oxygen atoms in total. The molecular weight excluding hydrogens is 234 g/mol. The molecule has 1 aromatic rings. The van der Waals surface area contributed by atoms with Crippen LogP contribution in [0.4, 0.5) is 0 Å². The van der Waals surface area contributed by atoms with Crippen molar-refractivity contribution in [3.8, 4) is 0 Å². The minimum absolute atomic E-state index is 0.106. The van der Waals surface area contributed by atoms with Crippen molar-refractivity contribution in [1.29, 1.82) is 0 Å². The number of aliphatic hydroxyl groups excluding tert-OH is 2. The lowest BCUT2D eigenvalue weighted by molar-refractivity contribution is 0.282. The van der Waals surface area contributed by atoms with Gasteiger partial charge >= 0.3 is 0 Å². The fraction of sp³-hybridized carbons (Fsp3) is 0.538. The highest BCUT2D eigenvalue weighted by atomic mass is 32.2. The van der Waals surface area contributed by atoms with Crippen molar-refractivity contribution < 1.29 is 10.2 Å². The molecule has 17 heavy (non-hydrogen) atoms. The van der Waals surface area contributed by atoms with E-state index in [1.165, 1.54) is 5.56 Å². The zero-order valence-corrected chi connectivity index (χ0v) is 10.9. The van der Waals surface area contributed by atoms with Crippen LogP contribution < -0.4 is 5.32 Å². The Kier molecular flexibility index (Phi) is 8.09. The Hall–Kier alpha value is -0.550. The summed E-state index contributed by atoms with van der Waals surface area (Å²) in [5.41, 5.74) is 2.19. The Bertz CT molecular complexity index is 290. The van der Waals surface area contributed by atoms with Gasteiger partial charge in [0.15, 0.2) is 0 Å². The fourth-order valence-corrected chi connectivity index (χ4v) is 2.23. The number of nitrogens with one attached hydrogen (secondary N) is 1. The monoisotopic (exact) mass is 255 g/mol. The van der Waals surface area contributed by atoms with Gasteiger partial charge in [-0.3, -0.25) is 0 Å². The van der Waals surface area contributed by atoms with Gasteiger partial charge in [-0.2, -0.15) is 11.8 Å². The van der Waals surface area contributed by atoms with Crippen LogP contribution in [0.3, 0.4) is 0 Å². The largest absolute Gasteiger partial charge is 0.396 e. The number of aliphatic hydroxyl groups is 2. The zero-order valence-electron chi connectivity index (χ0n) is 10.1. The summed E-state index contributed by atoms with van der Waals surface area (Å²) in [5, 5.41) is 20.9. The van der Waals surface area contributed by atoms with E-state index in [4.69, 9.17) is 10.2 Å². The van der Waals surface area contributed by atoms with Gasteiger partial charge in [0, 0.05) is 25.4 Å². The fourth-order valence-electron chi connectivity index (χ4n) is 1.41. The van der Waals surface area contributed by atoms with E-state index < -0.39 is 0 Å². The summed E-state index contributed by atoms with van der Waals surface area (Å²) in [5.74, 6) is 2.11. The average molecular weight is 255 g/mol. The molecule has 0 saturated heterocycles. The summed E-state index contributed by atoms with van der Waals surface area (Å²) in [4.78, 5) is 0. The summed E-state index contributed by atoms with van der Waals surface area (Å²) >= 11 is 1.86. The van der Waals surface area contributed by atoms with E-state index in [2.05, 4.69) is 5.32 Å². The first-order valence-corrected chi connectivity index (χ1v) is 7.10. The van der Waals surface area contributed by atoms with Crippen LogP contribution in [0.5, 0.6) is 0 Å². The maximum atomic E-state index is 8.91. The molecule has 0 spiro atoms. The van der Waals surface area contributed by atoms with Crippen molar-refractivity contribution in [3.63, 3.8) is 0 Å². The lowest BCUT2D eigenvalue weighted by Crippen LogP contribution is -2.16. The lowest BCUT2D eigenvalue weighted by Gasteiger charge is -2.05. The average Bonchev–Trinajstić information content (AvgIpc) is 2.38. The van der Waals surface area contributed by atoms with Gasteiger partial charge < -0.3 is 15.5 Å². The Labute approximate surface area is 107 Å². The lowest BCUT2D eigenvalue weighted by atomic mass is 10.1. The van der Waals surface area contributed by atoms with Crippen molar-refractivity contribution in [2.24, 2.45) is 0 Å². The van der Waals surface area contributed by atoms with Crippen LogP contribution in [-0.2, 0) is 13.2 Å². The quantitative estimate of drug-likeness (QED) is 0.584. The molecule has 0 aliphatic rings. The van der Waals surface area contributed by atoms with Crippen molar-refractivity contribution in [1.82, 2.24) is 5.32 Å². The molecule has 0 bridgehead atoms. The van der Waals surface area contributed by atoms with E-state index in [0.29, 0.717) is 0 Å². The first kappa shape index (κ1) is 14.5. The number of rotatable bonds is 9. The molecule has 0 aromatic heterocycles. The van der Waals surface area contributed by atoms with E-state index in [9.17, 15) is 0 Å². The van der Waals surface area contributed by atoms with Crippen molar-refractivity contribution in [2.75, 3.05) is 24.7 Å². The van der Waals surface area contributed by atoms with Crippen LogP contribution in [-0.4, -0.2) is 34.9 Å². The van der Waals surface area contributed by atoms with Gasteiger partial charge in [-0.05, 0) is 23.3 Å². The van der Waals surface area contributed by atoms with Gasteiger partial charge in [-0.15, -0.1) is 0 Å². The Morgan fingerprint density at radius 3 is 2.35 bits per heavy atom.